The number of benzene rings is 1. The number of halogens is 1. The van der Waals surface area contributed by atoms with E-state index in [0.717, 1.165) is 10.0 Å². The maximum Gasteiger partial charge on any atom is 0.0992 e. The van der Waals surface area contributed by atoms with Gasteiger partial charge in [-0.2, -0.15) is 5.26 Å². The van der Waals surface area contributed by atoms with E-state index in [-0.39, 0.29) is 6.04 Å². The molecule has 1 aromatic rings. The number of hydrogen-bond donors (Lipinski definition) is 1. The summed E-state index contributed by atoms with van der Waals surface area (Å²) in [5, 5.41) is 8.71. The van der Waals surface area contributed by atoms with Crippen molar-refractivity contribution in [2.75, 3.05) is 0 Å². The van der Waals surface area contributed by atoms with Crippen LogP contribution in [0.15, 0.2) is 22.7 Å². The molecule has 1 saturated carbocycles. The molecule has 0 spiro atoms. The molecule has 0 saturated heterocycles. The molecule has 0 unspecified atom stereocenters. The van der Waals surface area contributed by atoms with Gasteiger partial charge in [0.05, 0.1) is 11.6 Å². The molecule has 1 atom stereocenters. The second-order valence-corrected chi connectivity index (χ2v) is 4.57. The third-order valence-electron chi connectivity index (χ3n) is 2.62. The number of nitrogens with two attached hydrogens (primary N) is 1. The number of rotatable bonds is 2. The van der Waals surface area contributed by atoms with Crippen molar-refractivity contribution in [3.05, 3.63) is 33.8 Å². The van der Waals surface area contributed by atoms with Crippen molar-refractivity contribution in [1.82, 2.24) is 0 Å². The summed E-state index contributed by atoms with van der Waals surface area (Å²) in [6.45, 7) is 0. The van der Waals surface area contributed by atoms with Crippen molar-refractivity contribution in [2.24, 2.45) is 11.7 Å². The zero-order valence-electron chi connectivity index (χ0n) is 7.70. The van der Waals surface area contributed by atoms with Crippen LogP contribution >= 0.6 is 15.9 Å². The molecule has 2 N–H and O–H groups in total. The van der Waals surface area contributed by atoms with Gasteiger partial charge in [0.15, 0.2) is 0 Å². The molecule has 0 bridgehead atoms. The van der Waals surface area contributed by atoms with Gasteiger partial charge < -0.3 is 5.73 Å². The molecule has 0 radical (unpaired) electrons. The lowest BCUT2D eigenvalue weighted by molar-refractivity contribution is 0.631. The Morgan fingerprint density at radius 3 is 2.71 bits per heavy atom. The van der Waals surface area contributed by atoms with E-state index in [4.69, 9.17) is 11.0 Å². The van der Waals surface area contributed by atoms with E-state index in [0.29, 0.717) is 11.5 Å². The van der Waals surface area contributed by atoms with Crippen LogP contribution in [-0.2, 0) is 0 Å². The van der Waals surface area contributed by atoms with Crippen molar-refractivity contribution >= 4 is 15.9 Å². The van der Waals surface area contributed by atoms with E-state index < -0.39 is 0 Å². The zero-order chi connectivity index (χ0) is 10.1. The SMILES string of the molecule is N#Cc1ccc([C@@H](N)C2CC2)c(Br)c1. The van der Waals surface area contributed by atoms with Gasteiger partial charge in [0, 0.05) is 10.5 Å². The maximum atomic E-state index is 8.71. The van der Waals surface area contributed by atoms with Gasteiger partial charge >= 0.3 is 0 Å². The van der Waals surface area contributed by atoms with Crippen molar-refractivity contribution in [2.45, 2.75) is 18.9 Å². The topological polar surface area (TPSA) is 49.8 Å². The zero-order valence-corrected chi connectivity index (χ0v) is 9.29. The molecular formula is C11H11BrN2. The lowest BCUT2D eigenvalue weighted by atomic mass is 10.0. The average molecular weight is 251 g/mol. The summed E-state index contributed by atoms with van der Waals surface area (Å²) in [6, 6.07) is 7.83. The minimum absolute atomic E-state index is 0.122. The molecular weight excluding hydrogens is 240 g/mol. The van der Waals surface area contributed by atoms with E-state index in [1.807, 2.05) is 18.2 Å². The number of nitrogens with zero attached hydrogens (tertiary/aromatic N) is 1. The Kier molecular flexibility index (Phi) is 2.58. The molecule has 1 aromatic carbocycles. The molecule has 1 fully saturated rings. The summed E-state index contributed by atoms with van der Waals surface area (Å²) < 4.78 is 0.955. The second kappa shape index (κ2) is 3.72. The third-order valence-corrected chi connectivity index (χ3v) is 3.31. The van der Waals surface area contributed by atoms with Gasteiger partial charge in [0.25, 0.3) is 0 Å². The minimum Gasteiger partial charge on any atom is -0.324 e. The summed E-state index contributed by atoms with van der Waals surface area (Å²) >= 11 is 3.45. The Morgan fingerprint density at radius 2 is 2.21 bits per heavy atom. The van der Waals surface area contributed by atoms with Gasteiger partial charge in [-0.3, -0.25) is 0 Å². The van der Waals surface area contributed by atoms with Gasteiger partial charge in [0.1, 0.15) is 0 Å². The van der Waals surface area contributed by atoms with Crippen LogP contribution < -0.4 is 5.73 Å². The highest BCUT2D eigenvalue weighted by molar-refractivity contribution is 9.10. The number of nitriles is 1. The fourth-order valence-electron chi connectivity index (χ4n) is 1.58. The van der Waals surface area contributed by atoms with Crippen LogP contribution in [0.1, 0.15) is 30.0 Å². The first kappa shape index (κ1) is 9.70. The average Bonchev–Trinajstić information content (AvgIpc) is 3.00. The van der Waals surface area contributed by atoms with Gasteiger partial charge in [-0.1, -0.05) is 22.0 Å². The monoisotopic (exact) mass is 250 g/mol. The van der Waals surface area contributed by atoms with Gasteiger partial charge in [0.2, 0.25) is 0 Å². The van der Waals surface area contributed by atoms with Crippen LogP contribution in [0.2, 0.25) is 0 Å². The van der Waals surface area contributed by atoms with Crippen molar-refractivity contribution in [1.29, 1.82) is 5.26 Å². The molecule has 0 aliphatic heterocycles. The first-order valence-corrected chi connectivity index (χ1v) is 5.47. The predicted molar refractivity (Wildman–Crippen MR) is 58.5 cm³/mol. The lowest BCUT2D eigenvalue weighted by Crippen LogP contribution is -2.12. The quantitative estimate of drug-likeness (QED) is 0.878. The molecule has 2 rings (SSSR count). The van der Waals surface area contributed by atoms with Crippen molar-refractivity contribution in [3.8, 4) is 6.07 Å². The summed E-state index contributed by atoms with van der Waals surface area (Å²) in [5.74, 6) is 0.638. The summed E-state index contributed by atoms with van der Waals surface area (Å²) in [4.78, 5) is 0. The second-order valence-electron chi connectivity index (χ2n) is 3.71. The van der Waals surface area contributed by atoms with Crippen LogP contribution in [-0.4, -0.2) is 0 Å². The normalized spacial score (nSPS) is 17.5. The highest BCUT2D eigenvalue weighted by Crippen LogP contribution is 2.41. The fraction of sp³-hybridized carbons (Fsp3) is 0.364. The van der Waals surface area contributed by atoms with E-state index in [9.17, 15) is 0 Å². The Hall–Kier alpha value is -0.850. The smallest absolute Gasteiger partial charge is 0.0992 e. The molecule has 0 heterocycles. The molecule has 1 aliphatic carbocycles. The Balaban J connectivity index is 2.30. The Morgan fingerprint density at radius 1 is 1.50 bits per heavy atom. The molecule has 1 aliphatic rings. The maximum absolute atomic E-state index is 8.71. The van der Waals surface area contributed by atoms with Crippen LogP contribution in [0.4, 0.5) is 0 Å². The van der Waals surface area contributed by atoms with E-state index in [1.54, 1.807) is 0 Å². The van der Waals surface area contributed by atoms with Crippen LogP contribution in [0.25, 0.3) is 0 Å². The van der Waals surface area contributed by atoms with Gasteiger partial charge in [-0.15, -0.1) is 0 Å². The fourth-order valence-corrected chi connectivity index (χ4v) is 2.22. The Bertz CT molecular complexity index is 391. The molecule has 2 nitrogen and oxygen atoms in total. The van der Waals surface area contributed by atoms with Gasteiger partial charge in [-0.25, -0.2) is 0 Å². The lowest BCUT2D eigenvalue weighted by Gasteiger charge is -2.12. The molecule has 0 amide bonds. The largest absolute Gasteiger partial charge is 0.324 e. The molecule has 0 aromatic heterocycles. The minimum atomic E-state index is 0.122. The Labute approximate surface area is 91.9 Å². The van der Waals surface area contributed by atoms with E-state index in [2.05, 4.69) is 22.0 Å². The summed E-state index contributed by atoms with van der Waals surface area (Å²) in [6.07, 6.45) is 2.46. The standard InChI is InChI=1S/C11H11BrN2/c12-10-5-7(6-13)1-4-9(10)11(14)8-2-3-8/h1,4-5,8,11H,2-3,14H2/t11-/m0/s1. The number of hydrogen-bond acceptors (Lipinski definition) is 2. The summed E-state index contributed by atoms with van der Waals surface area (Å²) in [7, 11) is 0. The van der Waals surface area contributed by atoms with Crippen LogP contribution in [0.3, 0.4) is 0 Å². The van der Waals surface area contributed by atoms with Gasteiger partial charge in [-0.05, 0) is 36.5 Å². The summed E-state index contributed by atoms with van der Waals surface area (Å²) in [5.41, 5.74) is 7.87. The van der Waals surface area contributed by atoms with Crippen LogP contribution in [0.5, 0.6) is 0 Å². The van der Waals surface area contributed by atoms with E-state index >= 15 is 0 Å². The first-order chi connectivity index (χ1) is 6.72. The molecule has 14 heavy (non-hydrogen) atoms. The molecule has 72 valence electrons. The predicted octanol–water partition coefficient (Wildman–Crippen LogP) is 2.73. The van der Waals surface area contributed by atoms with E-state index in [1.165, 1.54) is 12.8 Å². The highest BCUT2D eigenvalue weighted by Gasteiger charge is 2.30. The van der Waals surface area contributed by atoms with Crippen molar-refractivity contribution in [3.63, 3.8) is 0 Å². The first-order valence-electron chi connectivity index (χ1n) is 4.67. The third kappa shape index (κ3) is 1.82. The van der Waals surface area contributed by atoms with Crippen molar-refractivity contribution < 1.29 is 0 Å². The highest BCUT2D eigenvalue weighted by atomic mass is 79.9. The molecule has 3 heteroatoms. The van der Waals surface area contributed by atoms with Crippen LogP contribution in [0, 0.1) is 17.2 Å².